The Hall–Kier alpha value is -2.21. The number of nitrogens with two attached hydrogens (primary N) is 1. The second-order valence-electron chi connectivity index (χ2n) is 5.21. The van der Waals surface area contributed by atoms with Crippen LogP contribution in [0.15, 0.2) is 36.4 Å². The average Bonchev–Trinajstić information content (AvgIpc) is 2.37. The minimum absolute atomic E-state index is 0.500. The molecular weight excluding hydrogens is 298 g/mol. The van der Waals surface area contributed by atoms with Crippen molar-refractivity contribution in [3.05, 3.63) is 70.8 Å². The molecule has 0 saturated heterocycles. The predicted octanol–water partition coefficient (Wildman–Crippen LogP) is 3.69. The van der Waals surface area contributed by atoms with E-state index in [-0.39, 0.29) is 0 Å². The van der Waals surface area contributed by atoms with Crippen molar-refractivity contribution in [3.8, 4) is 0 Å². The maximum Gasteiger partial charge on any atom is 0.170 e. The molecule has 22 heavy (non-hydrogen) atoms. The average molecular weight is 311 g/mol. The highest BCUT2D eigenvalue weighted by Crippen LogP contribution is 2.29. The molecule has 0 aromatic heterocycles. The molecule has 116 valence electrons. The largest absolute Gasteiger partial charge is 0.321 e. The van der Waals surface area contributed by atoms with Crippen LogP contribution in [0.4, 0.5) is 17.6 Å². The Morgan fingerprint density at radius 2 is 1.36 bits per heavy atom. The van der Waals surface area contributed by atoms with Crippen LogP contribution in [0, 0.1) is 23.3 Å². The van der Waals surface area contributed by atoms with E-state index in [1.807, 2.05) is 0 Å². The highest BCUT2D eigenvalue weighted by atomic mass is 19.1. The SMILES string of the molecule is CC(N)(CC(=O)c1c(F)cccc1F)c1c(F)cccc1F. The van der Waals surface area contributed by atoms with Crippen molar-refractivity contribution < 1.29 is 22.4 Å². The van der Waals surface area contributed by atoms with E-state index in [2.05, 4.69) is 0 Å². The van der Waals surface area contributed by atoms with Gasteiger partial charge in [0, 0.05) is 12.0 Å². The summed E-state index contributed by atoms with van der Waals surface area (Å²) in [7, 11) is 0. The van der Waals surface area contributed by atoms with Gasteiger partial charge in [-0.15, -0.1) is 0 Å². The van der Waals surface area contributed by atoms with E-state index in [1.54, 1.807) is 0 Å². The van der Waals surface area contributed by atoms with Crippen LogP contribution in [-0.2, 0) is 5.54 Å². The first-order chi connectivity index (χ1) is 10.2. The molecule has 2 aromatic carbocycles. The van der Waals surface area contributed by atoms with E-state index in [0.29, 0.717) is 0 Å². The third kappa shape index (κ3) is 3.01. The summed E-state index contributed by atoms with van der Waals surface area (Å²) in [5.74, 6) is -4.91. The van der Waals surface area contributed by atoms with Gasteiger partial charge in [0.2, 0.25) is 0 Å². The third-order valence-corrected chi connectivity index (χ3v) is 3.30. The van der Waals surface area contributed by atoms with Crippen LogP contribution >= 0.6 is 0 Å². The second-order valence-corrected chi connectivity index (χ2v) is 5.21. The van der Waals surface area contributed by atoms with Gasteiger partial charge in [-0.25, -0.2) is 17.6 Å². The molecular formula is C16H13F4NO. The van der Waals surface area contributed by atoms with Crippen LogP contribution in [0.3, 0.4) is 0 Å². The van der Waals surface area contributed by atoms with Gasteiger partial charge in [0.25, 0.3) is 0 Å². The fraction of sp³-hybridized carbons (Fsp3) is 0.188. The fourth-order valence-electron chi connectivity index (χ4n) is 2.32. The molecule has 6 heteroatoms. The molecule has 0 aliphatic carbocycles. The number of rotatable bonds is 4. The summed E-state index contributed by atoms with van der Waals surface area (Å²) in [5, 5.41) is 0. The summed E-state index contributed by atoms with van der Waals surface area (Å²) in [6, 6.07) is 6.11. The molecule has 0 radical (unpaired) electrons. The normalized spacial score (nSPS) is 13.7. The van der Waals surface area contributed by atoms with Crippen LogP contribution in [0.1, 0.15) is 29.3 Å². The Bertz CT molecular complexity index is 688. The number of carbonyl (C=O) groups is 1. The van der Waals surface area contributed by atoms with Crippen molar-refractivity contribution in [2.45, 2.75) is 18.9 Å². The Morgan fingerprint density at radius 3 is 1.82 bits per heavy atom. The van der Waals surface area contributed by atoms with E-state index in [4.69, 9.17) is 5.73 Å². The van der Waals surface area contributed by atoms with Gasteiger partial charge in [0.1, 0.15) is 23.3 Å². The summed E-state index contributed by atoms with van der Waals surface area (Å²) in [6.45, 7) is 1.23. The van der Waals surface area contributed by atoms with E-state index in [1.165, 1.54) is 6.92 Å². The monoisotopic (exact) mass is 311 g/mol. The first-order valence-electron chi connectivity index (χ1n) is 6.44. The van der Waals surface area contributed by atoms with Gasteiger partial charge >= 0.3 is 0 Å². The maximum atomic E-state index is 13.8. The molecule has 0 bridgehead atoms. The number of hydrogen-bond donors (Lipinski definition) is 1. The highest BCUT2D eigenvalue weighted by molar-refractivity contribution is 5.97. The van der Waals surface area contributed by atoms with Gasteiger partial charge in [-0.1, -0.05) is 12.1 Å². The third-order valence-electron chi connectivity index (χ3n) is 3.30. The number of Topliss-reactive ketones (excluding diaryl/α,β-unsaturated/α-hetero) is 1. The first-order valence-corrected chi connectivity index (χ1v) is 6.44. The van der Waals surface area contributed by atoms with Crippen LogP contribution in [0.5, 0.6) is 0 Å². The van der Waals surface area contributed by atoms with Gasteiger partial charge in [-0.2, -0.15) is 0 Å². The van der Waals surface area contributed by atoms with Crippen LogP contribution in [0.25, 0.3) is 0 Å². The molecule has 2 nitrogen and oxygen atoms in total. The zero-order chi connectivity index (χ0) is 16.5. The quantitative estimate of drug-likeness (QED) is 0.691. The van der Waals surface area contributed by atoms with Crippen molar-refractivity contribution in [2.75, 3.05) is 0 Å². The molecule has 0 amide bonds. The van der Waals surface area contributed by atoms with Crippen molar-refractivity contribution in [2.24, 2.45) is 5.73 Å². The first kappa shape index (κ1) is 16.2. The molecule has 2 aromatic rings. The summed E-state index contributed by atoms with van der Waals surface area (Å²) in [6.07, 6.45) is -0.650. The van der Waals surface area contributed by atoms with Crippen LogP contribution in [0.2, 0.25) is 0 Å². The van der Waals surface area contributed by atoms with Crippen molar-refractivity contribution in [1.82, 2.24) is 0 Å². The molecule has 2 rings (SSSR count). The number of carbonyl (C=O) groups excluding carboxylic acids is 1. The minimum atomic E-state index is -1.75. The summed E-state index contributed by atoms with van der Waals surface area (Å²) < 4.78 is 54.7. The Morgan fingerprint density at radius 1 is 0.955 bits per heavy atom. The lowest BCUT2D eigenvalue weighted by atomic mass is 9.85. The standard InChI is InChI=1S/C16H13F4NO/c1-16(21,15-11(19)6-3-7-12(15)20)8-13(22)14-9(17)4-2-5-10(14)18/h2-7H,8,21H2,1H3. The molecule has 1 atom stereocenters. The van der Waals surface area contributed by atoms with Gasteiger partial charge in [-0.05, 0) is 31.2 Å². The van der Waals surface area contributed by atoms with E-state index >= 15 is 0 Å². The number of halogens is 4. The predicted molar refractivity (Wildman–Crippen MR) is 73.2 cm³/mol. The second kappa shape index (κ2) is 5.88. The topological polar surface area (TPSA) is 43.1 Å². The minimum Gasteiger partial charge on any atom is -0.321 e. The molecule has 2 N–H and O–H groups in total. The Balaban J connectivity index is 2.39. The number of ketones is 1. The highest BCUT2D eigenvalue weighted by Gasteiger charge is 2.32. The van der Waals surface area contributed by atoms with E-state index in [0.717, 1.165) is 36.4 Å². The van der Waals surface area contributed by atoms with Crippen LogP contribution in [-0.4, -0.2) is 5.78 Å². The molecule has 0 saturated carbocycles. The summed E-state index contributed by atoms with van der Waals surface area (Å²) in [5.41, 5.74) is 2.82. The summed E-state index contributed by atoms with van der Waals surface area (Å²) >= 11 is 0. The smallest absolute Gasteiger partial charge is 0.170 e. The fourth-order valence-corrected chi connectivity index (χ4v) is 2.32. The Labute approximate surface area is 124 Å². The zero-order valence-electron chi connectivity index (χ0n) is 11.7. The molecule has 0 aliphatic heterocycles. The van der Waals surface area contributed by atoms with E-state index in [9.17, 15) is 22.4 Å². The number of benzene rings is 2. The van der Waals surface area contributed by atoms with Gasteiger partial charge in [0.05, 0.1) is 11.1 Å². The summed E-state index contributed by atoms with van der Waals surface area (Å²) in [4.78, 5) is 12.1. The lowest BCUT2D eigenvalue weighted by Gasteiger charge is -2.25. The molecule has 1 unspecified atom stereocenters. The molecule has 0 spiro atoms. The van der Waals surface area contributed by atoms with Gasteiger partial charge < -0.3 is 5.73 Å². The zero-order valence-corrected chi connectivity index (χ0v) is 11.7. The van der Waals surface area contributed by atoms with Crippen LogP contribution < -0.4 is 5.73 Å². The van der Waals surface area contributed by atoms with Gasteiger partial charge in [0.15, 0.2) is 5.78 Å². The van der Waals surface area contributed by atoms with Crippen molar-refractivity contribution >= 4 is 5.78 Å². The number of hydrogen-bond acceptors (Lipinski definition) is 2. The van der Waals surface area contributed by atoms with Gasteiger partial charge in [-0.3, -0.25) is 4.79 Å². The lowest BCUT2D eigenvalue weighted by Crippen LogP contribution is -2.38. The molecule has 0 fully saturated rings. The molecule has 0 aliphatic rings. The van der Waals surface area contributed by atoms with Crippen molar-refractivity contribution in [3.63, 3.8) is 0 Å². The molecule has 0 heterocycles. The van der Waals surface area contributed by atoms with E-state index < -0.39 is 52.1 Å². The Kier molecular flexibility index (Phi) is 4.32. The lowest BCUT2D eigenvalue weighted by molar-refractivity contribution is 0.0945. The maximum absolute atomic E-state index is 13.8. The van der Waals surface area contributed by atoms with Crippen molar-refractivity contribution in [1.29, 1.82) is 0 Å².